The zero-order valence-electron chi connectivity index (χ0n) is 21.4. The molecule has 3 aromatic carbocycles. The number of piperazine rings is 2. The highest BCUT2D eigenvalue weighted by molar-refractivity contribution is 7.91. The minimum atomic E-state index is -3.73. The number of halogens is 3. The number of hydrogen-bond acceptors (Lipinski definition) is 6. The first-order valence-corrected chi connectivity index (χ1v) is 15.3. The van der Waals surface area contributed by atoms with E-state index in [2.05, 4.69) is 15.1 Å². The first kappa shape index (κ1) is 28.1. The highest BCUT2D eigenvalue weighted by Gasteiger charge is 2.34. The third-order valence-corrected chi connectivity index (χ3v) is 9.80. The van der Waals surface area contributed by atoms with Crippen molar-refractivity contribution in [2.45, 2.75) is 22.8 Å². The van der Waals surface area contributed by atoms with Gasteiger partial charge in [-0.2, -0.15) is 0 Å². The molecule has 5 rings (SSSR count). The molecule has 206 valence electrons. The predicted molar refractivity (Wildman–Crippen MR) is 157 cm³/mol. The van der Waals surface area contributed by atoms with Crippen molar-refractivity contribution in [1.82, 2.24) is 10.2 Å². The molecule has 3 aromatic rings. The standard InChI is InChI=1S/C28H29Cl3N4O3S/c1-19-15-23(39(37,38)22-4-2-3-20(29)16-22)6-8-25(19)35-10-9-32-18-27(35)28(36)34-13-11-33(12-14-34)26-17-21(30)5-7-24(26)31/h2-8,15-17,27,32H,9-14,18H2,1H3. The summed E-state index contributed by atoms with van der Waals surface area (Å²) in [7, 11) is -3.73. The van der Waals surface area contributed by atoms with Crippen molar-refractivity contribution in [2.75, 3.05) is 55.6 Å². The second-order valence-electron chi connectivity index (χ2n) is 9.73. The lowest BCUT2D eigenvalue weighted by Gasteiger charge is -2.43. The molecule has 0 aliphatic carbocycles. The van der Waals surface area contributed by atoms with Crippen LogP contribution in [-0.2, 0) is 14.6 Å². The fourth-order valence-corrected chi connectivity index (χ4v) is 7.26. The molecule has 0 radical (unpaired) electrons. The van der Waals surface area contributed by atoms with Gasteiger partial charge < -0.3 is 20.0 Å². The van der Waals surface area contributed by atoms with Gasteiger partial charge in [-0.05, 0) is 67.1 Å². The smallest absolute Gasteiger partial charge is 0.246 e. The Balaban J connectivity index is 1.33. The van der Waals surface area contributed by atoms with Crippen LogP contribution in [0, 0.1) is 6.92 Å². The van der Waals surface area contributed by atoms with Gasteiger partial charge in [0.2, 0.25) is 15.7 Å². The van der Waals surface area contributed by atoms with Crippen molar-refractivity contribution in [3.8, 4) is 0 Å². The van der Waals surface area contributed by atoms with E-state index in [-0.39, 0.29) is 15.7 Å². The SMILES string of the molecule is Cc1cc(S(=O)(=O)c2cccc(Cl)c2)ccc1N1CCNCC1C(=O)N1CCN(c2cc(Cl)ccc2Cl)CC1. The van der Waals surface area contributed by atoms with Crippen LogP contribution >= 0.6 is 34.8 Å². The average molecular weight is 608 g/mol. The molecule has 0 spiro atoms. The third kappa shape index (κ3) is 5.86. The topological polar surface area (TPSA) is 73.0 Å². The summed E-state index contributed by atoms with van der Waals surface area (Å²) in [4.78, 5) is 20.2. The lowest BCUT2D eigenvalue weighted by Crippen LogP contribution is -2.61. The normalized spacial score (nSPS) is 18.4. The van der Waals surface area contributed by atoms with Gasteiger partial charge in [0, 0.05) is 61.5 Å². The number of carbonyl (C=O) groups excluding carboxylic acids is 1. The molecule has 1 atom stereocenters. The average Bonchev–Trinajstić information content (AvgIpc) is 2.94. The Bertz CT molecular complexity index is 1490. The largest absolute Gasteiger partial charge is 0.367 e. The Hall–Kier alpha value is -2.49. The fraction of sp³-hybridized carbons (Fsp3) is 0.321. The van der Waals surface area contributed by atoms with Crippen LogP contribution in [0.1, 0.15) is 5.56 Å². The van der Waals surface area contributed by atoms with Crippen molar-refractivity contribution < 1.29 is 13.2 Å². The van der Waals surface area contributed by atoms with Crippen LogP contribution in [-0.4, -0.2) is 71.1 Å². The van der Waals surface area contributed by atoms with E-state index in [0.29, 0.717) is 54.3 Å². The van der Waals surface area contributed by atoms with Gasteiger partial charge in [-0.1, -0.05) is 40.9 Å². The molecular weight excluding hydrogens is 579 g/mol. The molecule has 0 saturated carbocycles. The van der Waals surface area contributed by atoms with Crippen molar-refractivity contribution in [1.29, 1.82) is 0 Å². The zero-order chi connectivity index (χ0) is 27.7. The Morgan fingerprint density at radius 2 is 1.56 bits per heavy atom. The predicted octanol–water partition coefficient (Wildman–Crippen LogP) is 4.92. The molecule has 2 saturated heterocycles. The monoisotopic (exact) mass is 606 g/mol. The van der Waals surface area contributed by atoms with Crippen LogP contribution in [0.2, 0.25) is 15.1 Å². The second-order valence-corrected chi connectivity index (χ2v) is 13.0. The maximum Gasteiger partial charge on any atom is 0.246 e. The van der Waals surface area contributed by atoms with Crippen molar-refractivity contribution in [3.63, 3.8) is 0 Å². The number of amides is 1. The van der Waals surface area contributed by atoms with E-state index in [4.69, 9.17) is 34.8 Å². The van der Waals surface area contributed by atoms with E-state index in [1.807, 2.05) is 17.9 Å². The summed E-state index contributed by atoms with van der Waals surface area (Å²) in [6.07, 6.45) is 0. The molecule has 11 heteroatoms. The lowest BCUT2D eigenvalue weighted by atomic mass is 10.1. The number of anilines is 2. The van der Waals surface area contributed by atoms with Gasteiger partial charge in [0.15, 0.2) is 0 Å². The minimum absolute atomic E-state index is 0.0501. The second kappa shape index (κ2) is 11.6. The zero-order valence-corrected chi connectivity index (χ0v) is 24.5. The summed E-state index contributed by atoms with van der Waals surface area (Å²) in [6, 6.07) is 16.3. The fourth-order valence-electron chi connectivity index (χ4n) is 5.21. The Labute approximate surface area is 244 Å². The Morgan fingerprint density at radius 1 is 0.846 bits per heavy atom. The van der Waals surface area contributed by atoms with Gasteiger partial charge in [0.1, 0.15) is 6.04 Å². The summed E-state index contributed by atoms with van der Waals surface area (Å²) in [5.74, 6) is 0.0501. The van der Waals surface area contributed by atoms with E-state index >= 15 is 0 Å². The van der Waals surface area contributed by atoms with Crippen LogP contribution in [0.5, 0.6) is 0 Å². The van der Waals surface area contributed by atoms with E-state index < -0.39 is 15.9 Å². The first-order chi connectivity index (χ1) is 18.6. The molecule has 7 nitrogen and oxygen atoms in total. The number of sulfone groups is 1. The molecule has 2 heterocycles. The summed E-state index contributed by atoms with van der Waals surface area (Å²) < 4.78 is 26.4. The van der Waals surface area contributed by atoms with E-state index in [0.717, 1.165) is 23.5 Å². The highest BCUT2D eigenvalue weighted by Crippen LogP contribution is 2.32. The number of nitrogens with one attached hydrogen (secondary N) is 1. The number of rotatable bonds is 5. The van der Waals surface area contributed by atoms with Crippen LogP contribution in [0.25, 0.3) is 0 Å². The van der Waals surface area contributed by atoms with Crippen LogP contribution in [0.4, 0.5) is 11.4 Å². The van der Waals surface area contributed by atoms with Gasteiger partial charge in [-0.25, -0.2) is 8.42 Å². The van der Waals surface area contributed by atoms with Crippen molar-refractivity contribution in [2.24, 2.45) is 0 Å². The lowest BCUT2D eigenvalue weighted by molar-refractivity contribution is -0.133. The molecule has 0 aromatic heterocycles. The van der Waals surface area contributed by atoms with Crippen molar-refractivity contribution in [3.05, 3.63) is 81.3 Å². The molecule has 2 fully saturated rings. The minimum Gasteiger partial charge on any atom is -0.367 e. The van der Waals surface area contributed by atoms with Gasteiger partial charge in [0.05, 0.1) is 20.5 Å². The highest BCUT2D eigenvalue weighted by atomic mass is 35.5. The molecule has 2 aliphatic rings. The summed E-state index contributed by atoms with van der Waals surface area (Å²) in [5.41, 5.74) is 2.52. The Kier molecular flexibility index (Phi) is 8.31. The number of carbonyl (C=O) groups is 1. The van der Waals surface area contributed by atoms with Gasteiger partial charge >= 0.3 is 0 Å². The van der Waals surface area contributed by atoms with Crippen LogP contribution < -0.4 is 15.1 Å². The maximum absolute atomic E-state index is 13.7. The number of aryl methyl sites for hydroxylation is 1. The van der Waals surface area contributed by atoms with Crippen LogP contribution in [0.3, 0.4) is 0 Å². The van der Waals surface area contributed by atoms with E-state index in [1.54, 1.807) is 42.5 Å². The van der Waals surface area contributed by atoms with Gasteiger partial charge in [-0.3, -0.25) is 4.79 Å². The summed E-state index contributed by atoms with van der Waals surface area (Å²) in [5, 5.41) is 4.97. The molecule has 0 bridgehead atoms. The molecule has 39 heavy (non-hydrogen) atoms. The quantitative estimate of drug-likeness (QED) is 0.444. The van der Waals surface area contributed by atoms with Crippen molar-refractivity contribution >= 4 is 61.9 Å². The first-order valence-electron chi connectivity index (χ1n) is 12.7. The van der Waals surface area contributed by atoms with Crippen LogP contribution in [0.15, 0.2) is 70.5 Å². The number of hydrogen-bond donors (Lipinski definition) is 1. The summed E-state index contributed by atoms with van der Waals surface area (Å²) in [6.45, 7) is 6.21. The van der Waals surface area contributed by atoms with Gasteiger partial charge in [-0.15, -0.1) is 0 Å². The molecular formula is C28H29Cl3N4O3S. The maximum atomic E-state index is 13.7. The van der Waals surface area contributed by atoms with E-state index in [9.17, 15) is 13.2 Å². The Morgan fingerprint density at radius 3 is 2.28 bits per heavy atom. The molecule has 1 unspecified atom stereocenters. The molecule has 1 N–H and O–H groups in total. The summed E-state index contributed by atoms with van der Waals surface area (Å²) >= 11 is 18.6. The third-order valence-electron chi connectivity index (χ3n) is 7.26. The number of benzene rings is 3. The number of nitrogens with zero attached hydrogens (tertiary/aromatic N) is 3. The van der Waals surface area contributed by atoms with Gasteiger partial charge in [0.25, 0.3) is 0 Å². The molecule has 1 amide bonds. The van der Waals surface area contributed by atoms with E-state index in [1.165, 1.54) is 12.1 Å². The molecule has 2 aliphatic heterocycles.